The normalized spacial score (nSPS) is 14.2. The molecule has 0 unspecified atom stereocenters. The lowest BCUT2D eigenvalue weighted by atomic mass is 10.1. The van der Waals surface area contributed by atoms with Crippen LogP contribution < -0.4 is 4.74 Å². The SMILES string of the molecule is CCOC(=O)N1CCN(C(=O)c2ccc(OC)c([N+](=O)[O-])c2)CC1. The lowest BCUT2D eigenvalue weighted by Gasteiger charge is -2.34. The zero-order valence-electron chi connectivity index (χ0n) is 13.6. The van der Waals surface area contributed by atoms with Crippen LogP contribution in [-0.4, -0.2) is 66.6 Å². The van der Waals surface area contributed by atoms with Crippen LogP contribution in [0.1, 0.15) is 17.3 Å². The van der Waals surface area contributed by atoms with Crippen molar-refractivity contribution in [2.24, 2.45) is 0 Å². The number of methoxy groups -OCH3 is 1. The summed E-state index contributed by atoms with van der Waals surface area (Å²) in [5, 5.41) is 11.1. The summed E-state index contributed by atoms with van der Waals surface area (Å²) in [6, 6.07) is 4.10. The second kappa shape index (κ2) is 7.62. The van der Waals surface area contributed by atoms with Gasteiger partial charge in [-0.2, -0.15) is 0 Å². The van der Waals surface area contributed by atoms with E-state index < -0.39 is 11.0 Å². The van der Waals surface area contributed by atoms with Crippen LogP contribution in [0.2, 0.25) is 0 Å². The van der Waals surface area contributed by atoms with Gasteiger partial charge in [-0.25, -0.2) is 4.79 Å². The highest BCUT2D eigenvalue weighted by molar-refractivity contribution is 5.95. The summed E-state index contributed by atoms with van der Waals surface area (Å²) < 4.78 is 9.85. The molecule has 0 spiro atoms. The zero-order chi connectivity index (χ0) is 17.7. The van der Waals surface area contributed by atoms with Gasteiger partial charge in [-0.15, -0.1) is 0 Å². The Kier molecular flexibility index (Phi) is 5.56. The molecule has 2 rings (SSSR count). The van der Waals surface area contributed by atoms with E-state index in [2.05, 4.69) is 0 Å². The average molecular weight is 337 g/mol. The van der Waals surface area contributed by atoms with Crippen LogP contribution in [0.5, 0.6) is 5.75 Å². The first-order valence-electron chi connectivity index (χ1n) is 7.51. The topological polar surface area (TPSA) is 102 Å². The molecule has 1 aliphatic rings. The molecule has 1 fully saturated rings. The van der Waals surface area contributed by atoms with E-state index in [0.29, 0.717) is 32.8 Å². The maximum atomic E-state index is 12.5. The van der Waals surface area contributed by atoms with Crippen molar-refractivity contribution >= 4 is 17.7 Å². The summed E-state index contributed by atoms with van der Waals surface area (Å²) >= 11 is 0. The molecule has 1 aromatic carbocycles. The van der Waals surface area contributed by atoms with Crippen molar-refractivity contribution in [3.05, 3.63) is 33.9 Å². The van der Waals surface area contributed by atoms with Gasteiger partial charge in [0.05, 0.1) is 18.6 Å². The summed E-state index contributed by atoms with van der Waals surface area (Å²) in [6.07, 6.45) is -0.398. The highest BCUT2D eigenvalue weighted by Gasteiger charge is 2.27. The van der Waals surface area contributed by atoms with E-state index in [-0.39, 0.29) is 22.9 Å². The molecular weight excluding hydrogens is 318 g/mol. The first kappa shape index (κ1) is 17.5. The Labute approximate surface area is 138 Å². The van der Waals surface area contributed by atoms with Gasteiger partial charge in [0.1, 0.15) is 0 Å². The number of piperazine rings is 1. The minimum atomic E-state index is -0.589. The number of amides is 2. The quantitative estimate of drug-likeness (QED) is 0.610. The molecule has 24 heavy (non-hydrogen) atoms. The zero-order valence-corrected chi connectivity index (χ0v) is 13.6. The predicted octanol–water partition coefficient (Wildman–Crippen LogP) is 1.52. The van der Waals surface area contributed by atoms with E-state index in [1.807, 2.05) is 0 Å². The number of rotatable bonds is 4. The number of hydrogen-bond donors (Lipinski definition) is 0. The monoisotopic (exact) mass is 337 g/mol. The van der Waals surface area contributed by atoms with Crippen LogP contribution >= 0.6 is 0 Å². The second-order valence-corrected chi connectivity index (χ2v) is 5.12. The van der Waals surface area contributed by atoms with Gasteiger partial charge >= 0.3 is 11.8 Å². The Morgan fingerprint density at radius 3 is 2.38 bits per heavy atom. The molecule has 1 heterocycles. The molecule has 0 radical (unpaired) electrons. The van der Waals surface area contributed by atoms with E-state index in [9.17, 15) is 19.7 Å². The van der Waals surface area contributed by atoms with E-state index in [0.717, 1.165) is 0 Å². The van der Waals surface area contributed by atoms with Crippen LogP contribution in [0.15, 0.2) is 18.2 Å². The van der Waals surface area contributed by atoms with E-state index in [1.165, 1.54) is 30.2 Å². The van der Waals surface area contributed by atoms with E-state index in [1.54, 1.807) is 11.8 Å². The molecule has 1 aromatic rings. The molecule has 0 atom stereocenters. The third-order valence-electron chi connectivity index (χ3n) is 3.72. The lowest BCUT2D eigenvalue weighted by Crippen LogP contribution is -2.50. The van der Waals surface area contributed by atoms with Crippen molar-refractivity contribution in [3.8, 4) is 5.75 Å². The Morgan fingerprint density at radius 2 is 1.83 bits per heavy atom. The van der Waals surface area contributed by atoms with Crippen molar-refractivity contribution in [2.45, 2.75) is 6.92 Å². The first-order chi connectivity index (χ1) is 11.5. The lowest BCUT2D eigenvalue weighted by molar-refractivity contribution is -0.385. The van der Waals surface area contributed by atoms with Crippen LogP contribution in [0, 0.1) is 10.1 Å². The standard InChI is InChI=1S/C15H19N3O6/c1-3-24-15(20)17-8-6-16(7-9-17)14(19)11-4-5-13(23-2)12(10-11)18(21)22/h4-5,10H,3,6-9H2,1-2H3. The summed E-state index contributed by atoms with van der Waals surface area (Å²) in [7, 11) is 1.33. The van der Waals surface area contributed by atoms with Gasteiger partial charge in [0.15, 0.2) is 5.75 Å². The molecule has 0 bridgehead atoms. The Bertz CT molecular complexity index is 640. The van der Waals surface area contributed by atoms with Gasteiger partial charge in [-0.3, -0.25) is 14.9 Å². The molecule has 9 heteroatoms. The maximum Gasteiger partial charge on any atom is 0.409 e. The van der Waals surface area contributed by atoms with Gasteiger partial charge < -0.3 is 19.3 Å². The maximum absolute atomic E-state index is 12.5. The van der Waals surface area contributed by atoms with E-state index in [4.69, 9.17) is 9.47 Å². The fraction of sp³-hybridized carbons (Fsp3) is 0.467. The van der Waals surface area contributed by atoms with Crippen molar-refractivity contribution in [1.82, 2.24) is 9.80 Å². The van der Waals surface area contributed by atoms with E-state index >= 15 is 0 Å². The van der Waals surface area contributed by atoms with Gasteiger partial charge in [0.25, 0.3) is 5.91 Å². The number of ether oxygens (including phenoxy) is 2. The van der Waals surface area contributed by atoms with Gasteiger partial charge in [0.2, 0.25) is 0 Å². The largest absolute Gasteiger partial charge is 0.490 e. The Morgan fingerprint density at radius 1 is 1.21 bits per heavy atom. The van der Waals surface area contributed by atoms with Gasteiger partial charge in [-0.05, 0) is 19.1 Å². The molecule has 1 saturated heterocycles. The fourth-order valence-corrected chi connectivity index (χ4v) is 2.46. The summed E-state index contributed by atoms with van der Waals surface area (Å²) in [5.74, 6) is -0.215. The van der Waals surface area contributed by atoms with Crippen LogP contribution in [0.4, 0.5) is 10.5 Å². The summed E-state index contributed by atoms with van der Waals surface area (Å²) in [4.78, 5) is 37.7. The molecule has 2 amide bonds. The van der Waals surface area contributed by atoms with Crippen LogP contribution in [-0.2, 0) is 4.74 Å². The minimum Gasteiger partial charge on any atom is -0.490 e. The van der Waals surface area contributed by atoms with Crippen molar-refractivity contribution in [3.63, 3.8) is 0 Å². The number of benzene rings is 1. The highest BCUT2D eigenvalue weighted by atomic mass is 16.6. The number of nitro groups is 1. The van der Waals surface area contributed by atoms with Crippen LogP contribution in [0.25, 0.3) is 0 Å². The molecule has 0 aliphatic carbocycles. The number of hydrogen-bond acceptors (Lipinski definition) is 6. The predicted molar refractivity (Wildman–Crippen MR) is 84.1 cm³/mol. The summed E-state index contributed by atoms with van der Waals surface area (Å²) in [6.45, 7) is 3.45. The molecule has 130 valence electrons. The molecule has 0 N–H and O–H groups in total. The van der Waals surface area contributed by atoms with Crippen LogP contribution in [0.3, 0.4) is 0 Å². The van der Waals surface area contributed by atoms with Gasteiger partial charge in [-0.1, -0.05) is 0 Å². The Balaban J connectivity index is 2.07. The number of nitrogens with zero attached hydrogens (tertiary/aromatic N) is 3. The van der Waals surface area contributed by atoms with Gasteiger partial charge in [0, 0.05) is 37.8 Å². The Hall–Kier alpha value is -2.84. The van der Waals surface area contributed by atoms with Crippen molar-refractivity contribution in [1.29, 1.82) is 0 Å². The minimum absolute atomic E-state index is 0.101. The first-order valence-corrected chi connectivity index (χ1v) is 7.51. The average Bonchev–Trinajstić information content (AvgIpc) is 2.60. The van der Waals surface area contributed by atoms with Crippen molar-refractivity contribution < 1.29 is 24.0 Å². The molecule has 1 aliphatic heterocycles. The fourth-order valence-electron chi connectivity index (χ4n) is 2.46. The third kappa shape index (κ3) is 3.73. The molecule has 0 saturated carbocycles. The molecule has 0 aromatic heterocycles. The third-order valence-corrected chi connectivity index (χ3v) is 3.72. The molecular formula is C15H19N3O6. The second-order valence-electron chi connectivity index (χ2n) is 5.12. The highest BCUT2D eigenvalue weighted by Crippen LogP contribution is 2.28. The number of carbonyl (C=O) groups excluding carboxylic acids is 2. The number of carbonyl (C=O) groups is 2. The summed E-state index contributed by atoms with van der Waals surface area (Å²) in [5.41, 5.74) is -0.0411. The molecule has 9 nitrogen and oxygen atoms in total. The smallest absolute Gasteiger partial charge is 0.409 e. The van der Waals surface area contributed by atoms with Crippen molar-refractivity contribution in [2.75, 3.05) is 39.9 Å². The number of nitro benzene ring substituents is 1.